The molecule has 6 heteroatoms. The number of carbonyl (C=O) groups is 1. The van der Waals surface area contributed by atoms with Crippen LogP contribution in [0.25, 0.3) is 0 Å². The number of hydrogen-bond donors (Lipinski definition) is 0. The zero-order chi connectivity index (χ0) is 11.0. The van der Waals surface area contributed by atoms with Gasteiger partial charge in [0.1, 0.15) is 0 Å². The molecule has 1 aromatic rings. The molecule has 1 aromatic heterocycles. The molecule has 1 saturated heterocycles. The normalized spacial score (nSPS) is 16.6. The minimum absolute atomic E-state index is 0.104. The Labute approximate surface area is 114 Å². The molecule has 0 atom stereocenters. The van der Waals surface area contributed by atoms with Crippen LogP contribution in [-0.2, 0) is 0 Å². The Balaban J connectivity index is 2.03. The Morgan fingerprint density at radius 2 is 2.27 bits per heavy atom. The van der Waals surface area contributed by atoms with Crippen molar-refractivity contribution in [2.24, 2.45) is 5.92 Å². The van der Waals surface area contributed by atoms with Gasteiger partial charge in [-0.1, -0.05) is 0 Å². The highest BCUT2D eigenvalue weighted by atomic mass is 79.9. The van der Waals surface area contributed by atoms with Crippen LogP contribution in [0.1, 0.15) is 9.67 Å². The zero-order valence-electron chi connectivity index (χ0n) is 7.67. The van der Waals surface area contributed by atoms with Gasteiger partial charge in [-0.2, -0.15) is 0 Å². The summed E-state index contributed by atoms with van der Waals surface area (Å²) >= 11 is 13.9. The number of halogens is 3. The minimum atomic E-state index is 0.104. The Morgan fingerprint density at radius 3 is 2.73 bits per heavy atom. The highest BCUT2D eigenvalue weighted by Crippen LogP contribution is 2.34. The van der Waals surface area contributed by atoms with E-state index in [0.29, 0.717) is 11.8 Å². The fourth-order valence-electron chi connectivity index (χ4n) is 1.44. The van der Waals surface area contributed by atoms with Crippen LogP contribution in [0.4, 0.5) is 0 Å². The number of hydrogen-bond acceptors (Lipinski definition) is 2. The molecule has 15 heavy (non-hydrogen) atoms. The van der Waals surface area contributed by atoms with Gasteiger partial charge in [-0.3, -0.25) is 4.79 Å². The third-order valence-electron chi connectivity index (χ3n) is 2.32. The standard InChI is InChI=1S/C9H8Br2ClNOS/c10-6-1-7(15-8(6)11)9(14)13-3-5(2-12)4-13/h1,5H,2-4H2. The second-order valence-corrected chi connectivity index (χ2v) is 7.00. The first-order valence-corrected chi connectivity index (χ1v) is 7.35. The van der Waals surface area contributed by atoms with Crippen LogP contribution >= 0.6 is 54.8 Å². The molecule has 0 unspecified atom stereocenters. The van der Waals surface area contributed by atoms with E-state index in [9.17, 15) is 4.79 Å². The van der Waals surface area contributed by atoms with Gasteiger partial charge in [0, 0.05) is 29.4 Å². The molecule has 0 spiro atoms. The predicted molar refractivity (Wildman–Crippen MR) is 69.8 cm³/mol. The first-order valence-electron chi connectivity index (χ1n) is 4.42. The van der Waals surface area contributed by atoms with Crippen molar-refractivity contribution in [3.63, 3.8) is 0 Å². The molecule has 0 saturated carbocycles. The molecule has 1 aliphatic rings. The van der Waals surface area contributed by atoms with E-state index in [1.807, 2.05) is 11.0 Å². The molecule has 0 aliphatic carbocycles. The Kier molecular flexibility index (Phi) is 3.75. The summed E-state index contributed by atoms with van der Waals surface area (Å²) in [6.07, 6.45) is 0. The predicted octanol–water partition coefficient (Wildman–Crippen LogP) is 3.58. The summed E-state index contributed by atoms with van der Waals surface area (Å²) in [5.41, 5.74) is 0. The lowest BCUT2D eigenvalue weighted by molar-refractivity contribution is 0.0540. The van der Waals surface area contributed by atoms with E-state index in [1.54, 1.807) is 0 Å². The van der Waals surface area contributed by atoms with E-state index in [1.165, 1.54) is 11.3 Å². The molecule has 82 valence electrons. The van der Waals surface area contributed by atoms with Crippen LogP contribution in [0, 0.1) is 5.92 Å². The van der Waals surface area contributed by atoms with Crippen molar-refractivity contribution < 1.29 is 4.79 Å². The topological polar surface area (TPSA) is 20.3 Å². The summed E-state index contributed by atoms with van der Waals surface area (Å²) in [4.78, 5) is 14.5. The van der Waals surface area contributed by atoms with Gasteiger partial charge in [0.25, 0.3) is 5.91 Å². The second kappa shape index (κ2) is 4.73. The number of rotatable bonds is 2. The summed E-state index contributed by atoms with van der Waals surface area (Å²) in [7, 11) is 0. The number of thiophene rings is 1. The highest BCUT2D eigenvalue weighted by Gasteiger charge is 2.31. The minimum Gasteiger partial charge on any atom is -0.337 e. The third kappa shape index (κ3) is 2.40. The average Bonchev–Trinajstić information content (AvgIpc) is 2.45. The van der Waals surface area contributed by atoms with Crippen LogP contribution in [0.15, 0.2) is 14.3 Å². The third-order valence-corrected chi connectivity index (χ3v) is 6.00. The van der Waals surface area contributed by atoms with Crippen molar-refractivity contribution in [2.45, 2.75) is 0 Å². The molecule has 1 aliphatic heterocycles. The molecule has 0 radical (unpaired) electrons. The van der Waals surface area contributed by atoms with Gasteiger partial charge >= 0.3 is 0 Å². The molecule has 0 aromatic carbocycles. The fraction of sp³-hybridized carbons (Fsp3) is 0.444. The number of alkyl halides is 1. The Hall–Kier alpha value is 0.420. The van der Waals surface area contributed by atoms with Gasteiger partial charge in [-0.05, 0) is 37.9 Å². The molecular weight excluding hydrogens is 365 g/mol. The van der Waals surface area contributed by atoms with Crippen molar-refractivity contribution in [1.29, 1.82) is 0 Å². The molecule has 0 N–H and O–H groups in total. The molecular formula is C9H8Br2ClNOS. The summed E-state index contributed by atoms with van der Waals surface area (Å²) in [5, 5.41) is 0. The largest absolute Gasteiger partial charge is 0.337 e. The van der Waals surface area contributed by atoms with E-state index in [-0.39, 0.29) is 5.91 Å². The number of nitrogens with zero attached hydrogens (tertiary/aromatic N) is 1. The second-order valence-electron chi connectivity index (χ2n) is 3.46. The molecule has 1 fully saturated rings. The van der Waals surface area contributed by atoms with Gasteiger partial charge in [0.05, 0.1) is 8.66 Å². The summed E-state index contributed by atoms with van der Waals surface area (Å²) in [5.74, 6) is 1.22. The lowest BCUT2D eigenvalue weighted by Gasteiger charge is -2.37. The van der Waals surface area contributed by atoms with E-state index in [4.69, 9.17) is 11.6 Å². The number of amides is 1. The van der Waals surface area contributed by atoms with Crippen LogP contribution in [0.2, 0.25) is 0 Å². The SMILES string of the molecule is O=C(c1cc(Br)c(Br)s1)N1CC(CCl)C1. The fourth-order valence-corrected chi connectivity index (χ4v) is 3.64. The van der Waals surface area contributed by atoms with Crippen LogP contribution in [-0.4, -0.2) is 29.8 Å². The highest BCUT2D eigenvalue weighted by molar-refractivity contribution is 9.13. The molecule has 2 rings (SSSR count). The van der Waals surface area contributed by atoms with Gasteiger partial charge in [-0.25, -0.2) is 0 Å². The number of likely N-dealkylation sites (tertiary alicyclic amines) is 1. The smallest absolute Gasteiger partial charge is 0.264 e. The van der Waals surface area contributed by atoms with Crippen LogP contribution < -0.4 is 0 Å². The first kappa shape index (κ1) is 11.9. The summed E-state index contributed by atoms with van der Waals surface area (Å²) in [6.45, 7) is 1.57. The number of carbonyl (C=O) groups excluding carboxylic acids is 1. The maximum absolute atomic E-state index is 11.9. The van der Waals surface area contributed by atoms with Crippen LogP contribution in [0.5, 0.6) is 0 Å². The van der Waals surface area contributed by atoms with Gasteiger partial charge in [0.15, 0.2) is 0 Å². The average molecular weight is 373 g/mol. The summed E-state index contributed by atoms with van der Waals surface area (Å²) in [6, 6.07) is 1.85. The monoisotopic (exact) mass is 371 g/mol. The van der Waals surface area contributed by atoms with Gasteiger partial charge in [-0.15, -0.1) is 22.9 Å². The quantitative estimate of drug-likeness (QED) is 0.726. The van der Waals surface area contributed by atoms with E-state index in [0.717, 1.165) is 26.2 Å². The van der Waals surface area contributed by atoms with Crippen molar-refractivity contribution in [1.82, 2.24) is 4.90 Å². The molecule has 0 bridgehead atoms. The van der Waals surface area contributed by atoms with E-state index >= 15 is 0 Å². The van der Waals surface area contributed by atoms with E-state index < -0.39 is 0 Å². The maximum atomic E-state index is 11.9. The van der Waals surface area contributed by atoms with Gasteiger partial charge < -0.3 is 4.90 Å². The zero-order valence-corrected chi connectivity index (χ0v) is 12.4. The lowest BCUT2D eigenvalue weighted by atomic mass is 10.0. The molecule has 2 nitrogen and oxygen atoms in total. The Bertz CT molecular complexity index is 370. The Morgan fingerprint density at radius 1 is 1.60 bits per heavy atom. The van der Waals surface area contributed by atoms with Crippen molar-refractivity contribution >= 4 is 60.7 Å². The molecule has 2 heterocycles. The lowest BCUT2D eigenvalue weighted by Crippen LogP contribution is -2.50. The van der Waals surface area contributed by atoms with Crippen molar-refractivity contribution in [3.05, 3.63) is 19.2 Å². The van der Waals surface area contributed by atoms with Crippen LogP contribution in [0.3, 0.4) is 0 Å². The molecule has 1 amide bonds. The van der Waals surface area contributed by atoms with Crippen molar-refractivity contribution in [2.75, 3.05) is 19.0 Å². The first-order chi connectivity index (χ1) is 7.11. The van der Waals surface area contributed by atoms with Gasteiger partial charge in [0.2, 0.25) is 0 Å². The summed E-state index contributed by atoms with van der Waals surface area (Å²) < 4.78 is 1.89. The van der Waals surface area contributed by atoms with Crippen molar-refractivity contribution in [3.8, 4) is 0 Å². The van der Waals surface area contributed by atoms with E-state index in [2.05, 4.69) is 31.9 Å². The maximum Gasteiger partial charge on any atom is 0.264 e.